The average molecular weight is 358 g/mol. The molecule has 0 unspecified atom stereocenters. The minimum absolute atomic E-state index is 0.254. The van der Waals surface area contributed by atoms with Gasteiger partial charge in [0.15, 0.2) is 5.17 Å². The first-order valence-electron chi connectivity index (χ1n) is 7.36. The molecule has 1 fully saturated rings. The lowest BCUT2D eigenvalue weighted by Gasteiger charge is -2.07. The molecule has 1 N–H and O–H groups in total. The van der Waals surface area contributed by atoms with Crippen molar-refractivity contribution in [3.05, 3.63) is 58.8 Å². The largest absolute Gasteiger partial charge is 0.497 e. The molecule has 1 heterocycles. The second-order valence-electron chi connectivity index (χ2n) is 5.07. The van der Waals surface area contributed by atoms with E-state index in [9.17, 15) is 9.18 Å². The second kappa shape index (κ2) is 7.40. The van der Waals surface area contributed by atoms with E-state index in [1.54, 1.807) is 50.6 Å². The molecule has 1 aliphatic heterocycles. The van der Waals surface area contributed by atoms with Gasteiger partial charge in [-0.05, 0) is 60.3 Å². The Hall–Kier alpha value is -2.80. The third kappa shape index (κ3) is 4.00. The van der Waals surface area contributed by atoms with E-state index in [-0.39, 0.29) is 11.7 Å². The molecule has 2 aromatic carbocycles. The quantitative estimate of drug-likeness (QED) is 0.846. The number of nitrogens with zero attached hydrogens (tertiary/aromatic N) is 1. The van der Waals surface area contributed by atoms with Crippen LogP contribution >= 0.6 is 11.8 Å². The van der Waals surface area contributed by atoms with Crippen molar-refractivity contribution in [3.8, 4) is 11.5 Å². The lowest BCUT2D eigenvalue weighted by molar-refractivity contribution is -0.115. The Morgan fingerprint density at radius 2 is 1.88 bits per heavy atom. The molecule has 1 aliphatic rings. The van der Waals surface area contributed by atoms with E-state index in [1.165, 1.54) is 23.9 Å². The van der Waals surface area contributed by atoms with Crippen molar-refractivity contribution in [2.45, 2.75) is 0 Å². The third-order valence-electron chi connectivity index (χ3n) is 3.43. The van der Waals surface area contributed by atoms with Gasteiger partial charge in [0.1, 0.15) is 17.3 Å². The number of hydrogen-bond donors (Lipinski definition) is 1. The van der Waals surface area contributed by atoms with E-state index in [1.807, 2.05) is 0 Å². The van der Waals surface area contributed by atoms with Crippen LogP contribution in [0.1, 0.15) is 5.56 Å². The summed E-state index contributed by atoms with van der Waals surface area (Å²) in [6.07, 6.45) is 1.72. The van der Waals surface area contributed by atoms with Gasteiger partial charge in [-0.15, -0.1) is 0 Å². The lowest BCUT2D eigenvalue weighted by Crippen LogP contribution is -2.19. The van der Waals surface area contributed by atoms with Crippen LogP contribution in [0.15, 0.2) is 52.4 Å². The standard InChI is InChI=1S/C18H15FN2O3S/c1-23-14-7-8-15(24-2)11(9-14)10-16-17(22)21-18(25-16)20-13-5-3-12(19)4-6-13/h3-10H,1-2H3,(H,20,21,22). The number of ether oxygens (including phenoxy) is 2. The van der Waals surface area contributed by atoms with Crippen LogP contribution in [-0.2, 0) is 4.79 Å². The van der Waals surface area contributed by atoms with Crippen molar-refractivity contribution in [1.82, 2.24) is 5.32 Å². The van der Waals surface area contributed by atoms with Gasteiger partial charge in [-0.1, -0.05) is 0 Å². The van der Waals surface area contributed by atoms with E-state index in [4.69, 9.17) is 9.47 Å². The average Bonchev–Trinajstić information content (AvgIpc) is 2.96. The molecule has 128 valence electrons. The number of methoxy groups -OCH3 is 2. The molecule has 7 heteroatoms. The molecule has 25 heavy (non-hydrogen) atoms. The first-order chi connectivity index (χ1) is 12.1. The SMILES string of the molecule is COc1ccc(OC)c(C=C2SC(=Nc3ccc(F)cc3)NC2=O)c1. The Labute approximate surface area is 148 Å². The highest BCUT2D eigenvalue weighted by atomic mass is 32.2. The number of amides is 1. The van der Waals surface area contributed by atoms with Gasteiger partial charge in [-0.2, -0.15) is 0 Å². The lowest BCUT2D eigenvalue weighted by atomic mass is 10.1. The summed E-state index contributed by atoms with van der Waals surface area (Å²) in [5.74, 6) is 0.704. The van der Waals surface area contributed by atoms with Crippen molar-refractivity contribution in [3.63, 3.8) is 0 Å². The summed E-state index contributed by atoms with van der Waals surface area (Å²) in [6.45, 7) is 0. The predicted molar refractivity (Wildman–Crippen MR) is 96.8 cm³/mol. The molecule has 3 rings (SSSR count). The molecule has 0 aromatic heterocycles. The molecule has 1 saturated heterocycles. The van der Waals surface area contributed by atoms with Crippen LogP contribution in [0.25, 0.3) is 6.08 Å². The molecular formula is C18H15FN2O3S. The van der Waals surface area contributed by atoms with Crippen LogP contribution < -0.4 is 14.8 Å². The van der Waals surface area contributed by atoms with E-state index < -0.39 is 0 Å². The number of rotatable bonds is 4. The van der Waals surface area contributed by atoms with Crippen molar-refractivity contribution < 1.29 is 18.7 Å². The zero-order valence-corrected chi connectivity index (χ0v) is 14.4. The van der Waals surface area contributed by atoms with Crippen molar-refractivity contribution in [2.75, 3.05) is 14.2 Å². The van der Waals surface area contributed by atoms with E-state index in [0.717, 1.165) is 5.56 Å². The normalized spacial score (nSPS) is 17.0. The highest BCUT2D eigenvalue weighted by molar-refractivity contribution is 8.18. The minimum Gasteiger partial charge on any atom is -0.497 e. The van der Waals surface area contributed by atoms with Gasteiger partial charge < -0.3 is 14.8 Å². The highest BCUT2D eigenvalue weighted by Gasteiger charge is 2.24. The number of benzene rings is 2. The fourth-order valence-electron chi connectivity index (χ4n) is 2.21. The molecule has 0 aliphatic carbocycles. The van der Waals surface area contributed by atoms with Crippen LogP contribution in [0.5, 0.6) is 11.5 Å². The summed E-state index contributed by atoms with van der Waals surface area (Å²) in [5, 5.41) is 3.13. The monoisotopic (exact) mass is 358 g/mol. The number of nitrogens with one attached hydrogen (secondary N) is 1. The van der Waals surface area contributed by atoms with Crippen LogP contribution in [0.3, 0.4) is 0 Å². The van der Waals surface area contributed by atoms with Gasteiger partial charge in [-0.25, -0.2) is 9.38 Å². The van der Waals surface area contributed by atoms with E-state index in [0.29, 0.717) is 27.3 Å². The van der Waals surface area contributed by atoms with Gasteiger partial charge in [0.25, 0.3) is 5.91 Å². The zero-order chi connectivity index (χ0) is 17.8. The Balaban J connectivity index is 1.87. The fourth-order valence-corrected chi connectivity index (χ4v) is 3.04. The number of carbonyl (C=O) groups is 1. The van der Waals surface area contributed by atoms with Crippen molar-refractivity contribution in [1.29, 1.82) is 0 Å². The van der Waals surface area contributed by atoms with Crippen LogP contribution in [-0.4, -0.2) is 25.3 Å². The number of thioether (sulfide) groups is 1. The van der Waals surface area contributed by atoms with Crippen LogP contribution in [0.2, 0.25) is 0 Å². The van der Waals surface area contributed by atoms with E-state index >= 15 is 0 Å². The summed E-state index contributed by atoms with van der Waals surface area (Å²) in [6, 6.07) is 11.1. The molecule has 5 nitrogen and oxygen atoms in total. The van der Waals surface area contributed by atoms with Crippen LogP contribution in [0, 0.1) is 5.82 Å². The number of halogens is 1. The summed E-state index contributed by atoms with van der Waals surface area (Å²) >= 11 is 1.21. The molecule has 0 radical (unpaired) electrons. The molecule has 2 aromatic rings. The minimum atomic E-state index is -0.335. The maximum Gasteiger partial charge on any atom is 0.264 e. The Bertz CT molecular complexity index is 863. The third-order valence-corrected chi connectivity index (χ3v) is 4.34. The number of hydrogen-bond acceptors (Lipinski definition) is 5. The maximum absolute atomic E-state index is 12.9. The summed E-state index contributed by atoms with van der Waals surface area (Å²) in [7, 11) is 3.14. The Kier molecular flexibility index (Phi) is 5.04. The smallest absolute Gasteiger partial charge is 0.264 e. The van der Waals surface area contributed by atoms with Crippen LogP contribution in [0.4, 0.5) is 10.1 Å². The van der Waals surface area contributed by atoms with Crippen molar-refractivity contribution in [2.24, 2.45) is 4.99 Å². The van der Waals surface area contributed by atoms with Gasteiger partial charge in [-0.3, -0.25) is 4.79 Å². The van der Waals surface area contributed by atoms with Gasteiger partial charge in [0.2, 0.25) is 0 Å². The fraction of sp³-hybridized carbons (Fsp3) is 0.111. The Morgan fingerprint density at radius 3 is 2.56 bits per heavy atom. The topological polar surface area (TPSA) is 59.9 Å². The molecule has 1 amide bonds. The predicted octanol–water partition coefficient (Wildman–Crippen LogP) is 3.73. The number of aliphatic imine (C=N–C) groups is 1. The van der Waals surface area contributed by atoms with Crippen molar-refractivity contribution >= 4 is 34.6 Å². The molecule has 0 saturated carbocycles. The van der Waals surface area contributed by atoms with Gasteiger partial charge in [0, 0.05) is 5.56 Å². The zero-order valence-electron chi connectivity index (χ0n) is 13.6. The van der Waals surface area contributed by atoms with Gasteiger partial charge >= 0.3 is 0 Å². The summed E-state index contributed by atoms with van der Waals surface area (Å²) in [5.41, 5.74) is 1.28. The molecule has 0 spiro atoms. The highest BCUT2D eigenvalue weighted by Crippen LogP contribution is 2.32. The molecule has 0 bridgehead atoms. The number of carbonyl (C=O) groups excluding carboxylic acids is 1. The molecule has 0 atom stereocenters. The van der Waals surface area contributed by atoms with Gasteiger partial charge in [0.05, 0.1) is 24.8 Å². The second-order valence-corrected chi connectivity index (χ2v) is 6.10. The van der Waals surface area contributed by atoms with E-state index in [2.05, 4.69) is 10.3 Å². The molecular weight excluding hydrogens is 343 g/mol. The first-order valence-corrected chi connectivity index (χ1v) is 8.18. The Morgan fingerprint density at radius 1 is 1.12 bits per heavy atom. The number of amidine groups is 1. The summed E-state index contributed by atoms with van der Waals surface area (Å²) in [4.78, 5) is 17.0. The summed E-state index contributed by atoms with van der Waals surface area (Å²) < 4.78 is 23.5. The first kappa shape index (κ1) is 17.0. The maximum atomic E-state index is 12.9.